The van der Waals surface area contributed by atoms with Gasteiger partial charge in [0.15, 0.2) is 0 Å². The summed E-state index contributed by atoms with van der Waals surface area (Å²) in [5, 5.41) is 10.6. The molecule has 80 valence electrons. The number of nitro groups is 1. The molecule has 0 aromatic heterocycles. The van der Waals surface area contributed by atoms with E-state index in [0.717, 1.165) is 5.56 Å². The zero-order valence-corrected chi connectivity index (χ0v) is 8.77. The third-order valence-corrected chi connectivity index (χ3v) is 2.27. The number of nitrogens with zero attached hydrogens (tertiary/aromatic N) is 1. The minimum atomic E-state index is -0.418. The molecule has 0 spiro atoms. The number of hydrogen-bond acceptors (Lipinski definition) is 3. The molecule has 0 N–H and O–H groups in total. The van der Waals surface area contributed by atoms with Crippen molar-refractivity contribution in [3.05, 3.63) is 46.5 Å². The Balaban J connectivity index is 3.24. The fourth-order valence-electron chi connectivity index (χ4n) is 1.32. The first-order valence-electron chi connectivity index (χ1n) is 4.55. The molecule has 0 saturated heterocycles. The monoisotopic (exact) mass is 207 g/mol. The molecule has 0 heterocycles. The predicted molar refractivity (Wildman–Crippen MR) is 58.3 cm³/mol. The van der Waals surface area contributed by atoms with Gasteiger partial charge in [-0.1, -0.05) is 13.0 Å². The van der Waals surface area contributed by atoms with Crippen molar-refractivity contribution >= 4 is 5.69 Å². The maximum atomic E-state index is 10.6. The minimum absolute atomic E-state index is 0.0276. The van der Waals surface area contributed by atoms with Crippen molar-refractivity contribution in [3.63, 3.8) is 0 Å². The molecule has 0 fully saturated rings. The van der Waals surface area contributed by atoms with E-state index in [1.165, 1.54) is 12.1 Å². The topological polar surface area (TPSA) is 52.4 Å². The summed E-state index contributed by atoms with van der Waals surface area (Å²) in [5.74, 6) is 0.674. The second-order valence-electron chi connectivity index (χ2n) is 3.21. The van der Waals surface area contributed by atoms with Gasteiger partial charge in [0.2, 0.25) is 0 Å². The number of non-ortho nitro benzene ring substituents is 1. The summed E-state index contributed by atoms with van der Waals surface area (Å²) in [4.78, 5) is 10.2. The summed E-state index contributed by atoms with van der Waals surface area (Å²) in [7, 11) is 1.54. The second-order valence-corrected chi connectivity index (χ2v) is 3.21. The summed E-state index contributed by atoms with van der Waals surface area (Å²) in [6, 6.07) is 4.55. The first kappa shape index (κ1) is 11.2. The van der Waals surface area contributed by atoms with Crippen molar-refractivity contribution in [2.75, 3.05) is 7.11 Å². The van der Waals surface area contributed by atoms with Crippen molar-refractivity contribution in [2.24, 2.45) is 0 Å². The Labute approximate surface area is 88.3 Å². The van der Waals surface area contributed by atoms with E-state index in [1.807, 2.05) is 6.92 Å². The van der Waals surface area contributed by atoms with Crippen LogP contribution in [0.1, 0.15) is 18.4 Å². The minimum Gasteiger partial charge on any atom is -0.496 e. The van der Waals surface area contributed by atoms with Gasteiger partial charge in [-0.3, -0.25) is 10.1 Å². The van der Waals surface area contributed by atoms with Crippen LogP contribution in [0.15, 0.2) is 30.9 Å². The lowest BCUT2D eigenvalue weighted by Crippen LogP contribution is -1.97. The molecule has 1 atom stereocenters. The van der Waals surface area contributed by atoms with Crippen LogP contribution in [0.2, 0.25) is 0 Å². The maximum Gasteiger partial charge on any atom is 0.269 e. The SMILES string of the molecule is C=CC(C)c1cc([N+](=O)[O-])ccc1OC. The lowest BCUT2D eigenvalue weighted by Gasteiger charge is -2.11. The fourth-order valence-corrected chi connectivity index (χ4v) is 1.32. The van der Waals surface area contributed by atoms with Crippen molar-refractivity contribution in [3.8, 4) is 5.75 Å². The highest BCUT2D eigenvalue weighted by atomic mass is 16.6. The number of benzene rings is 1. The molecule has 1 aromatic rings. The van der Waals surface area contributed by atoms with Gasteiger partial charge in [-0.2, -0.15) is 0 Å². The number of rotatable bonds is 4. The molecule has 0 aliphatic rings. The van der Waals surface area contributed by atoms with E-state index in [9.17, 15) is 10.1 Å². The first-order chi connectivity index (χ1) is 7.10. The van der Waals surface area contributed by atoms with Gasteiger partial charge in [0.1, 0.15) is 5.75 Å². The molecule has 1 aromatic carbocycles. The quantitative estimate of drug-likeness (QED) is 0.433. The predicted octanol–water partition coefficient (Wildman–Crippen LogP) is 2.89. The van der Waals surface area contributed by atoms with Crippen LogP contribution in [0, 0.1) is 10.1 Å². The van der Waals surface area contributed by atoms with E-state index < -0.39 is 4.92 Å². The number of nitro benzene ring substituents is 1. The van der Waals surface area contributed by atoms with E-state index in [1.54, 1.807) is 19.3 Å². The van der Waals surface area contributed by atoms with Crippen molar-refractivity contribution < 1.29 is 9.66 Å². The molecule has 1 rings (SSSR count). The van der Waals surface area contributed by atoms with Gasteiger partial charge in [-0.15, -0.1) is 6.58 Å². The maximum absolute atomic E-state index is 10.6. The molecule has 0 bridgehead atoms. The number of methoxy groups -OCH3 is 1. The van der Waals surface area contributed by atoms with Gasteiger partial charge < -0.3 is 4.74 Å². The Kier molecular flexibility index (Phi) is 3.44. The van der Waals surface area contributed by atoms with Crippen LogP contribution >= 0.6 is 0 Å². The Hall–Kier alpha value is -1.84. The Morgan fingerprint density at radius 3 is 2.73 bits per heavy atom. The third-order valence-electron chi connectivity index (χ3n) is 2.27. The smallest absolute Gasteiger partial charge is 0.269 e. The summed E-state index contributed by atoms with van der Waals surface area (Å²) >= 11 is 0. The van der Waals surface area contributed by atoms with Crippen molar-refractivity contribution in [1.82, 2.24) is 0 Å². The third kappa shape index (κ3) is 2.34. The zero-order valence-electron chi connectivity index (χ0n) is 8.77. The molecular formula is C11H13NO3. The standard InChI is InChI=1S/C11H13NO3/c1-4-8(2)10-7-9(12(13)14)5-6-11(10)15-3/h4-8H,1H2,2-3H3. The van der Waals surface area contributed by atoms with Gasteiger partial charge in [-0.25, -0.2) is 0 Å². The Morgan fingerprint density at radius 1 is 1.60 bits per heavy atom. The number of hydrogen-bond donors (Lipinski definition) is 0. The van der Waals surface area contributed by atoms with E-state index >= 15 is 0 Å². The summed E-state index contributed by atoms with van der Waals surface area (Å²) in [6.45, 7) is 5.57. The highest BCUT2D eigenvalue weighted by Gasteiger charge is 2.14. The summed E-state index contributed by atoms with van der Waals surface area (Å²) in [5.41, 5.74) is 0.848. The van der Waals surface area contributed by atoms with Crippen molar-refractivity contribution in [1.29, 1.82) is 0 Å². The molecule has 4 nitrogen and oxygen atoms in total. The van der Waals surface area contributed by atoms with Crippen LogP contribution in [0.5, 0.6) is 5.75 Å². The van der Waals surface area contributed by atoms with E-state index in [-0.39, 0.29) is 11.6 Å². The van der Waals surface area contributed by atoms with Gasteiger partial charge in [-0.05, 0) is 6.07 Å². The average molecular weight is 207 g/mol. The van der Waals surface area contributed by atoms with Crippen LogP contribution in [0.25, 0.3) is 0 Å². The zero-order chi connectivity index (χ0) is 11.4. The van der Waals surface area contributed by atoms with Crippen molar-refractivity contribution in [2.45, 2.75) is 12.8 Å². The molecule has 0 radical (unpaired) electrons. The van der Waals surface area contributed by atoms with E-state index in [2.05, 4.69) is 6.58 Å². The molecule has 1 unspecified atom stereocenters. The van der Waals surface area contributed by atoms with Crippen LogP contribution in [0.4, 0.5) is 5.69 Å². The highest BCUT2D eigenvalue weighted by molar-refractivity contribution is 5.46. The van der Waals surface area contributed by atoms with Crippen LogP contribution in [-0.4, -0.2) is 12.0 Å². The van der Waals surface area contributed by atoms with Crippen LogP contribution < -0.4 is 4.74 Å². The van der Waals surface area contributed by atoms with E-state index in [4.69, 9.17) is 4.74 Å². The summed E-state index contributed by atoms with van der Waals surface area (Å²) in [6.07, 6.45) is 1.72. The Morgan fingerprint density at radius 2 is 2.27 bits per heavy atom. The van der Waals surface area contributed by atoms with Gasteiger partial charge >= 0.3 is 0 Å². The molecule has 4 heteroatoms. The summed E-state index contributed by atoms with van der Waals surface area (Å²) < 4.78 is 5.13. The molecular weight excluding hydrogens is 194 g/mol. The lowest BCUT2D eigenvalue weighted by atomic mass is 10.00. The van der Waals surface area contributed by atoms with E-state index in [0.29, 0.717) is 5.75 Å². The largest absolute Gasteiger partial charge is 0.496 e. The van der Waals surface area contributed by atoms with Gasteiger partial charge in [0.05, 0.1) is 12.0 Å². The molecule has 0 amide bonds. The Bertz CT molecular complexity index is 387. The molecule has 0 aliphatic heterocycles. The normalized spacial score (nSPS) is 11.9. The highest BCUT2D eigenvalue weighted by Crippen LogP contribution is 2.30. The number of ether oxygens (including phenoxy) is 1. The molecule has 0 saturated carbocycles. The number of allylic oxidation sites excluding steroid dienone is 1. The van der Waals surface area contributed by atoms with Gasteiger partial charge in [0.25, 0.3) is 5.69 Å². The van der Waals surface area contributed by atoms with Crippen LogP contribution in [0.3, 0.4) is 0 Å². The first-order valence-corrected chi connectivity index (χ1v) is 4.55. The molecule has 0 aliphatic carbocycles. The van der Waals surface area contributed by atoms with Crippen LogP contribution in [-0.2, 0) is 0 Å². The van der Waals surface area contributed by atoms with Gasteiger partial charge in [0, 0.05) is 23.6 Å². The fraction of sp³-hybridized carbons (Fsp3) is 0.273. The second kappa shape index (κ2) is 4.59. The molecule has 15 heavy (non-hydrogen) atoms. The lowest BCUT2D eigenvalue weighted by molar-refractivity contribution is -0.384. The average Bonchev–Trinajstić information content (AvgIpc) is 2.27.